The van der Waals surface area contributed by atoms with E-state index < -0.39 is 5.91 Å². The predicted molar refractivity (Wildman–Crippen MR) is 80.1 cm³/mol. The SMILES string of the molecule is Cc1ccsc1CCNC(=O)c1cccc(C(N)=O)c1. The highest BCUT2D eigenvalue weighted by atomic mass is 32.1. The Hall–Kier alpha value is -2.14. The van der Waals surface area contributed by atoms with Gasteiger partial charge in [0.1, 0.15) is 0 Å². The van der Waals surface area contributed by atoms with Crippen molar-refractivity contribution in [3.8, 4) is 0 Å². The fraction of sp³-hybridized carbons (Fsp3) is 0.200. The summed E-state index contributed by atoms with van der Waals surface area (Å²) in [5.74, 6) is -0.726. The van der Waals surface area contributed by atoms with Crippen molar-refractivity contribution in [1.29, 1.82) is 0 Å². The number of nitrogens with two attached hydrogens (primary N) is 1. The van der Waals surface area contributed by atoms with Crippen molar-refractivity contribution < 1.29 is 9.59 Å². The summed E-state index contributed by atoms with van der Waals surface area (Å²) in [6.07, 6.45) is 0.810. The van der Waals surface area contributed by atoms with Gasteiger partial charge in [-0.15, -0.1) is 11.3 Å². The maximum atomic E-state index is 12.0. The van der Waals surface area contributed by atoms with Gasteiger partial charge in [0.25, 0.3) is 5.91 Å². The molecule has 1 aromatic heterocycles. The van der Waals surface area contributed by atoms with E-state index in [-0.39, 0.29) is 5.91 Å². The summed E-state index contributed by atoms with van der Waals surface area (Å²) >= 11 is 1.69. The molecule has 0 fully saturated rings. The van der Waals surface area contributed by atoms with Crippen LogP contribution in [-0.4, -0.2) is 18.4 Å². The van der Waals surface area contributed by atoms with Gasteiger partial charge < -0.3 is 11.1 Å². The first-order valence-electron chi connectivity index (χ1n) is 6.29. The fourth-order valence-corrected chi connectivity index (χ4v) is 2.78. The van der Waals surface area contributed by atoms with Crippen molar-refractivity contribution in [3.05, 3.63) is 57.3 Å². The van der Waals surface area contributed by atoms with Crippen LogP contribution in [0.1, 0.15) is 31.2 Å². The Bertz CT molecular complexity index is 634. The lowest BCUT2D eigenvalue weighted by atomic mass is 10.1. The minimum absolute atomic E-state index is 0.192. The van der Waals surface area contributed by atoms with E-state index in [0.29, 0.717) is 17.7 Å². The van der Waals surface area contributed by atoms with Crippen LogP contribution < -0.4 is 11.1 Å². The third kappa shape index (κ3) is 3.45. The molecule has 20 heavy (non-hydrogen) atoms. The molecule has 1 heterocycles. The van der Waals surface area contributed by atoms with Crippen molar-refractivity contribution in [2.75, 3.05) is 6.54 Å². The molecule has 0 aliphatic rings. The summed E-state index contributed by atoms with van der Waals surface area (Å²) in [5, 5.41) is 4.89. The zero-order valence-corrected chi connectivity index (χ0v) is 12.0. The summed E-state index contributed by atoms with van der Waals surface area (Å²) < 4.78 is 0. The Morgan fingerprint density at radius 3 is 2.65 bits per heavy atom. The molecule has 0 saturated carbocycles. The Balaban J connectivity index is 1.93. The zero-order valence-electron chi connectivity index (χ0n) is 11.2. The van der Waals surface area contributed by atoms with Crippen molar-refractivity contribution in [3.63, 3.8) is 0 Å². The van der Waals surface area contributed by atoms with Crippen LogP contribution >= 0.6 is 11.3 Å². The number of nitrogens with one attached hydrogen (secondary N) is 1. The Morgan fingerprint density at radius 2 is 2.00 bits per heavy atom. The molecule has 4 nitrogen and oxygen atoms in total. The monoisotopic (exact) mass is 288 g/mol. The van der Waals surface area contributed by atoms with Crippen LogP contribution in [-0.2, 0) is 6.42 Å². The maximum Gasteiger partial charge on any atom is 0.251 e. The zero-order chi connectivity index (χ0) is 14.5. The molecule has 0 atom stereocenters. The van der Waals surface area contributed by atoms with Gasteiger partial charge in [-0.05, 0) is 48.6 Å². The van der Waals surface area contributed by atoms with E-state index in [1.165, 1.54) is 16.5 Å². The minimum atomic E-state index is -0.533. The molecular formula is C15H16N2O2S. The van der Waals surface area contributed by atoms with Gasteiger partial charge in [0.2, 0.25) is 5.91 Å². The van der Waals surface area contributed by atoms with E-state index >= 15 is 0 Å². The standard InChI is InChI=1S/C15H16N2O2S/c1-10-6-8-20-13(10)5-7-17-15(19)12-4-2-3-11(9-12)14(16)18/h2-4,6,8-9H,5,7H2,1H3,(H2,16,18)(H,17,19). The Morgan fingerprint density at radius 1 is 1.25 bits per heavy atom. The molecule has 2 rings (SSSR count). The van der Waals surface area contributed by atoms with Gasteiger partial charge in [0.15, 0.2) is 0 Å². The highest BCUT2D eigenvalue weighted by molar-refractivity contribution is 7.10. The van der Waals surface area contributed by atoms with E-state index in [1.807, 2.05) is 5.38 Å². The predicted octanol–water partition coefficient (Wildman–Crippen LogP) is 2.13. The van der Waals surface area contributed by atoms with Gasteiger partial charge in [-0.1, -0.05) is 6.07 Å². The second kappa shape index (κ2) is 6.34. The van der Waals surface area contributed by atoms with Gasteiger partial charge in [-0.3, -0.25) is 9.59 Å². The van der Waals surface area contributed by atoms with Gasteiger partial charge in [0, 0.05) is 22.5 Å². The number of hydrogen-bond donors (Lipinski definition) is 2. The second-order valence-corrected chi connectivity index (χ2v) is 5.48. The van der Waals surface area contributed by atoms with E-state index in [4.69, 9.17) is 5.73 Å². The molecule has 0 aliphatic carbocycles. The number of carbonyl (C=O) groups is 2. The molecule has 0 radical (unpaired) electrons. The normalized spacial score (nSPS) is 10.2. The molecule has 0 aliphatic heterocycles. The second-order valence-electron chi connectivity index (χ2n) is 4.48. The molecule has 0 saturated heterocycles. The van der Waals surface area contributed by atoms with Crippen LogP contribution in [0.3, 0.4) is 0 Å². The highest BCUT2D eigenvalue weighted by Crippen LogP contribution is 2.15. The van der Waals surface area contributed by atoms with Gasteiger partial charge in [-0.25, -0.2) is 0 Å². The molecule has 0 unspecified atom stereocenters. The number of carbonyl (C=O) groups excluding carboxylic acids is 2. The van der Waals surface area contributed by atoms with Crippen molar-refractivity contribution in [2.24, 2.45) is 5.73 Å². The number of hydrogen-bond acceptors (Lipinski definition) is 3. The summed E-state index contributed by atoms with van der Waals surface area (Å²) in [6, 6.07) is 8.48. The minimum Gasteiger partial charge on any atom is -0.366 e. The van der Waals surface area contributed by atoms with Crippen molar-refractivity contribution >= 4 is 23.2 Å². The van der Waals surface area contributed by atoms with Crippen LogP contribution in [0.15, 0.2) is 35.7 Å². The summed E-state index contributed by atoms with van der Waals surface area (Å²) in [7, 11) is 0. The summed E-state index contributed by atoms with van der Waals surface area (Å²) in [4.78, 5) is 24.3. The lowest BCUT2D eigenvalue weighted by Crippen LogP contribution is -2.26. The first kappa shape index (κ1) is 14.3. The average Bonchev–Trinajstić information content (AvgIpc) is 2.84. The average molecular weight is 288 g/mol. The number of thiophene rings is 1. The fourth-order valence-electron chi connectivity index (χ4n) is 1.87. The number of primary amides is 1. The number of amides is 2. The van der Waals surface area contributed by atoms with Gasteiger partial charge >= 0.3 is 0 Å². The topological polar surface area (TPSA) is 72.2 Å². The van der Waals surface area contributed by atoms with E-state index in [2.05, 4.69) is 18.3 Å². The van der Waals surface area contributed by atoms with E-state index in [0.717, 1.165) is 6.42 Å². The van der Waals surface area contributed by atoms with Crippen LogP contribution in [0, 0.1) is 6.92 Å². The molecule has 2 amide bonds. The molecule has 0 spiro atoms. The first-order chi connectivity index (χ1) is 9.58. The Labute approximate surface area is 121 Å². The molecule has 2 aromatic rings. The number of benzene rings is 1. The van der Waals surface area contributed by atoms with Gasteiger partial charge in [-0.2, -0.15) is 0 Å². The van der Waals surface area contributed by atoms with Crippen LogP contribution in [0.25, 0.3) is 0 Å². The van der Waals surface area contributed by atoms with Crippen molar-refractivity contribution in [2.45, 2.75) is 13.3 Å². The largest absolute Gasteiger partial charge is 0.366 e. The summed E-state index contributed by atoms with van der Waals surface area (Å²) in [5.41, 5.74) is 7.23. The maximum absolute atomic E-state index is 12.0. The summed E-state index contributed by atoms with van der Waals surface area (Å²) in [6.45, 7) is 2.63. The quantitative estimate of drug-likeness (QED) is 0.884. The molecule has 5 heteroatoms. The van der Waals surface area contributed by atoms with Crippen LogP contribution in [0.2, 0.25) is 0 Å². The molecule has 1 aromatic carbocycles. The van der Waals surface area contributed by atoms with Crippen LogP contribution in [0.5, 0.6) is 0 Å². The molecule has 3 N–H and O–H groups in total. The molecule has 104 valence electrons. The van der Waals surface area contributed by atoms with Crippen molar-refractivity contribution in [1.82, 2.24) is 5.32 Å². The third-order valence-electron chi connectivity index (χ3n) is 3.02. The Kier molecular flexibility index (Phi) is 4.53. The highest BCUT2D eigenvalue weighted by Gasteiger charge is 2.08. The van der Waals surface area contributed by atoms with Crippen LogP contribution in [0.4, 0.5) is 0 Å². The lowest BCUT2D eigenvalue weighted by Gasteiger charge is -2.06. The van der Waals surface area contributed by atoms with E-state index in [9.17, 15) is 9.59 Å². The van der Waals surface area contributed by atoms with E-state index in [1.54, 1.807) is 29.5 Å². The molecule has 0 bridgehead atoms. The first-order valence-corrected chi connectivity index (χ1v) is 7.17. The lowest BCUT2D eigenvalue weighted by molar-refractivity contribution is 0.0954. The number of aryl methyl sites for hydroxylation is 1. The number of rotatable bonds is 5. The smallest absolute Gasteiger partial charge is 0.251 e. The van der Waals surface area contributed by atoms with Gasteiger partial charge in [0.05, 0.1) is 0 Å². The molecular weight excluding hydrogens is 272 g/mol. The third-order valence-corrected chi connectivity index (χ3v) is 4.10.